The number of carbonyl (C=O) groups is 1. The van der Waals surface area contributed by atoms with Crippen molar-refractivity contribution in [2.24, 2.45) is 5.92 Å². The molecule has 3 heterocycles. The molecule has 1 N–H and O–H groups in total. The smallest absolute Gasteiger partial charge is 0.312 e. The molecule has 0 unspecified atom stereocenters. The van der Waals surface area contributed by atoms with E-state index in [0.717, 1.165) is 23.2 Å². The van der Waals surface area contributed by atoms with E-state index >= 15 is 0 Å². The summed E-state index contributed by atoms with van der Waals surface area (Å²) in [6.07, 6.45) is 0.760. The molecule has 0 spiro atoms. The Balaban J connectivity index is 1.83. The molecule has 4 aromatic rings. The summed E-state index contributed by atoms with van der Waals surface area (Å²) in [6, 6.07) is 16.7. The third kappa shape index (κ3) is 2.93. The van der Waals surface area contributed by atoms with Crippen molar-refractivity contribution in [1.29, 1.82) is 0 Å². The number of allylic oxidation sites excluding steroid dienone is 1. The molecule has 0 saturated heterocycles. The van der Waals surface area contributed by atoms with Crippen molar-refractivity contribution in [2.75, 3.05) is 6.61 Å². The normalized spacial score (nSPS) is 20.1. The Morgan fingerprint density at radius 2 is 1.75 bits per heavy atom. The molecule has 1 aliphatic heterocycles. The lowest BCUT2D eigenvalue weighted by Gasteiger charge is -2.25. The van der Waals surface area contributed by atoms with Crippen molar-refractivity contribution in [3.8, 4) is 0 Å². The largest absolute Gasteiger partial charge is 0.466 e. The first-order valence-electron chi connectivity index (χ1n) is 11.4. The highest BCUT2D eigenvalue weighted by molar-refractivity contribution is 5.90. The highest BCUT2D eigenvalue weighted by atomic mass is 16.5. The zero-order chi connectivity index (χ0) is 22.6. The van der Waals surface area contributed by atoms with Crippen molar-refractivity contribution >= 4 is 27.8 Å². The molecule has 2 aromatic heterocycles. The second-order valence-corrected chi connectivity index (χ2v) is 9.10. The Kier molecular flexibility index (Phi) is 4.96. The van der Waals surface area contributed by atoms with Crippen LogP contribution in [0.2, 0.25) is 0 Å². The molecule has 4 nitrogen and oxygen atoms in total. The second kappa shape index (κ2) is 7.70. The van der Waals surface area contributed by atoms with E-state index in [1.165, 1.54) is 33.1 Å². The van der Waals surface area contributed by atoms with Gasteiger partial charge < -0.3 is 14.3 Å². The maximum absolute atomic E-state index is 13.5. The van der Waals surface area contributed by atoms with E-state index in [9.17, 15) is 4.79 Å². The zero-order valence-corrected chi connectivity index (χ0v) is 19.2. The summed E-state index contributed by atoms with van der Waals surface area (Å²) < 4.78 is 8.06. The number of ether oxygens (including phenoxy) is 1. The van der Waals surface area contributed by atoms with E-state index in [0.29, 0.717) is 6.61 Å². The molecule has 0 saturated carbocycles. The standard InChI is InChI=1S/C28H30N2O2/c1-6-32-28(31)24-21(15-16(2)3)26-18(5)20-12-8-10-14-23(20)30(26)27(24)25-17(4)19-11-7-9-13-22(19)29-25/h7-14,21,24,27,29H,2,6,15H2,1,3-5H3/t21-,24-,27+/m0/s1. The SMILES string of the molecule is C=C(C)C[C@@H]1c2c(C)c3ccccc3n2[C@@H](c2[nH]c3ccccc3c2C)[C@H]1C(=O)OCC. The number of nitrogens with one attached hydrogen (secondary N) is 1. The summed E-state index contributed by atoms with van der Waals surface area (Å²) in [5, 5.41) is 2.44. The number of carbonyl (C=O) groups excluding carboxylic acids is 1. The summed E-state index contributed by atoms with van der Waals surface area (Å²) in [7, 11) is 0. The van der Waals surface area contributed by atoms with Crippen LogP contribution in [0.3, 0.4) is 0 Å². The summed E-state index contributed by atoms with van der Waals surface area (Å²) in [5.41, 5.74) is 8.11. The van der Waals surface area contributed by atoms with Gasteiger partial charge in [0.1, 0.15) is 0 Å². The number of rotatable bonds is 5. The number of para-hydroxylation sites is 2. The van der Waals surface area contributed by atoms with Crippen LogP contribution in [-0.4, -0.2) is 22.1 Å². The van der Waals surface area contributed by atoms with E-state index < -0.39 is 0 Å². The Bertz CT molecular complexity index is 1360. The maximum Gasteiger partial charge on any atom is 0.312 e. The lowest BCUT2D eigenvalue weighted by atomic mass is 9.81. The van der Waals surface area contributed by atoms with Crippen molar-refractivity contribution in [2.45, 2.75) is 46.1 Å². The number of aryl methyl sites for hydroxylation is 2. The fourth-order valence-electron chi connectivity index (χ4n) is 5.79. The average molecular weight is 427 g/mol. The van der Waals surface area contributed by atoms with Crippen LogP contribution in [0.1, 0.15) is 54.7 Å². The minimum absolute atomic E-state index is 0.0229. The van der Waals surface area contributed by atoms with Gasteiger partial charge in [0.2, 0.25) is 0 Å². The number of fused-ring (bicyclic) bond motifs is 4. The van der Waals surface area contributed by atoms with Crippen molar-refractivity contribution in [1.82, 2.24) is 9.55 Å². The van der Waals surface area contributed by atoms with Gasteiger partial charge in [0.15, 0.2) is 0 Å². The first-order chi connectivity index (χ1) is 15.4. The van der Waals surface area contributed by atoms with Gasteiger partial charge in [-0.25, -0.2) is 0 Å². The first kappa shape index (κ1) is 20.6. The Morgan fingerprint density at radius 3 is 2.44 bits per heavy atom. The van der Waals surface area contributed by atoms with Crippen molar-refractivity contribution in [3.63, 3.8) is 0 Å². The average Bonchev–Trinajstić information content (AvgIpc) is 3.37. The lowest BCUT2D eigenvalue weighted by molar-refractivity contribution is -0.149. The Hall–Kier alpha value is -3.27. The molecule has 0 radical (unpaired) electrons. The third-order valence-corrected chi connectivity index (χ3v) is 7.04. The van der Waals surface area contributed by atoms with Crippen LogP contribution in [0.15, 0.2) is 60.7 Å². The molecule has 32 heavy (non-hydrogen) atoms. The van der Waals surface area contributed by atoms with Crippen LogP contribution in [0.25, 0.3) is 21.8 Å². The molecule has 0 aliphatic carbocycles. The minimum Gasteiger partial charge on any atom is -0.466 e. The number of aromatic nitrogens is 2. The molecule has 0 bridgehead atoms. The Morgan fingerprint density at radius 1 is 1.06 bits per heavy atom. The molecule has 0 fully saturated rings. The number of H-pyrrole nitrogens is 1. The topological polar surface area (TPSA) is 47.0 Å². The van der Waals surface area contributed by atoms with Crippen LogP contribution >= 0.6 is 0 Å². The van der Waals surface area contributed by atoms with E-state index in [-0.39, 0.29) is 23.8 Å². The maximum atomic E-state index is 13.5. The van der Waals surface area contributed by atoms with E-state index in [4.69, 9.17) is 4.74 Å². The molecular weight excluding hydrogens is 396 g/mol. The molecule has 4 heteroatoms. The summed E-state index contributed by atoms with van der Waals surface area (Å²) in [5.74, 6) is -0.416. The highest BCUT2D eigenvalue weighted by Gasteiger charge is 2.49. The van der Waals surface area contributed by atoms with Gasteiger partial charge in [-0.05, 0) is 57.4 Å². The van der Waals surface area contributed by atoms with E-state index in [1.54, 1.807) is 0 Å². The highest BCUT2D eigenvalue weighted by Crippen LogP contribution is 2.53. The van der Waals surface area contributed by atoms with Crippen LogP contribution in [0.4, 0.5) is 0 Å². The number of nitrogens with zero attached hydrogens (tertiary/aromatic N) is 1. The zero-order valence-electron chi connectivity index (χ0n) is 19.2. The van der Waals surface area contributed by atoms with E-state index in [1.807, 2.05) is 19.9 Å². The number of benzene rings is 2. The molecule has 0 amide bonds. The molecule has 3 atom stereocenters. The van der Waals surface area contributed by atoms with Crippen LogP contribution in [-0.2, 0) is 9.53 Å². The predicted molar refractivity (Wildman–Crippen MR) is 130 cm³/mol. The molecular formula is C28H30N2O2. The van der Waals surface area contributed by atoms with Crippen LogP contribution < -0.4 is 0 Å². The number of esters is 1. The van der Waals surface area contributed by atoms with Gasteiger partial charge >= 0.3 is 5.97 Å². The summed E-state index contributed by atoms with van der Waals surface area (Å²) in [4.78, 5) is 17.2. The third-order valence-electron chi connectivity index (χ3n) is 7.04. The second-order valence-electron chi connectivity index (χ2n) is 9.10. The summed E-state index contributed by atoms with van der Waals surface area (Å²) >= 11 is 0. The van der Waals surface area contributed by atoms with Gasteiger partial charge in [-0.1, -0.05) is 42.0 Å². The lowest BCUT2D eigenvalue weighted by Crippen LogP contribution is -2.28. The minimum atomic E-state index is -0.309. The number of aromatic amines is 1. The number of hydrogen-bond acceptors (Lipinski definition) is 2. The number of hydrogen-bond donors (Lipinski definition) is 1. The summed E-state index contributed by atoms with van der Waals surface area (Å²) in [6.45, 7) is 12.8. The van der Waals surface area contributed by atoms with Gasteiger partial charge in [-0.15, -0.1) is 6.58 Å². The van der Waals surface area contributed by atoms with Crippen LogP contribution in [0.5, 0.6) is 0 Å². The predicted octanol–water partition coefficient (Wildman–Crippen LogP) is 6.57. The van der Waals surface area contributed by atoms with Crippen molar-refractivity contribution < 1.29 is 9.53 Å². The fourth-order valence-corrected chi connectivity index (χ4v) is 5.79. The van der Waals surface area contributed by atoms with Gasteiger partial charge in [-0.2, -0.15) is 0 Å². The monoisotopic (exact) mass is 426 g/mol. The molecule has 1 aliphatic rings. The molecule has 164 valence electrons. The van der Waals surface area contributed by atoms with Gasteiger partial charge in [0, 0.05) is 39.1 Å². The van der Waals surface area contributed by atoms with Gasteiger partial charge in [0.05, 0.1) is 18.6 Å². The van der Waals surface area contributed by atoms with Gasteiger partial charge in [0.25, 0.3) is 0 Å². The van der Waals surface area contributed by atoms with Gasteiger partial charge in [-0.3, -0.25) is 4.79 Å². The Labute approximate surface area is 188 Å². The van der Waals surface area contributed by atoms with E-state index in [2.05, 4.69) is 72.4 Å². The first-order valence-corrected chi connectivity index (χ1v) is 11.4. The van der Waals surface area contributed by atoms with Crippen LogP contribution in [0, 0.1) is 19.8 Å². The fraction of sp³-hybridized carbons (Fsp3) is 0.321. The molecule has 5 rings (SSSR count). The molecule has 2 aromatic carbocycles. The van der Waals surface area contributed by atoms with Crippen molar-refractivity contribution in [3.05, 3.63) is 83.2 Å². The quantitative estimate of drug-likeness (QED) is 0.290.